The van der Waals surface area contributed by atoms with Crippen molar-refractivity contribution >= 4 is 11.6 Å². The van der Waals surface area contributed by atoms with Gasteiger partial charge in [-0.3, -0.25) is 19.6 Å². The highest BCUT2D eigenvalue weighted by Gasteiger charge is 2.16. The van der Waals surface area contributed by atoms with Gasteiger partial charge in [0.15, 0.2) is 0 Å². The summed E-state index contributed by atoms with van der Waals surface area (Å²) in [6.45, 7) is 5.30. The van der Waals surface area contributed by atoms with Crippen LogP contribution in [0.5, 0.6) is 0 Å². The first kappa shape index (κ1) is 11.9. The van der Waals surface area contributed by atoms with Crippen molar-refractivity contribution in [3.05, 3.63) is 34.7 Å². The smallest absolute Gasteiger partial charge is 0.309 e. The number of carbonyl (C=O) groups is 1. The summed E-state index contributed by atoms with van der Waals surface area (Å²) in [4.78, 5) is 21.3. The molecule has 1 N–H and O–H groups in total. The van der Waals surface area contributed by atoms with Gasteiger partial charge in [0.25, 0.3) is 0 Å². The summed E-state index contributed by atoms with van der Waals surface area (Å²) in [5.74, 6) is -0.266. The van der Waals surface area contributed by atoms with E-state index in [0.717, 1.165) is 0 Å². The topological polar surface area (TPSA) is 90.1 Å². The zero-order valence-electron chi connectivity index (χ0n) is 8.84. The first-order valence-electron chi connectivity index (χ1n) is 4.60. The van der Waals surface area contributed by atoms with Crippen LogP contribution < -0.4 is 5.32 Å². The number of carbonyl (C=O) groups excluding carboxylic acids is 1. The Hall–Kier alpha value is -2.18. The summed E-state index contributed by atoms with van der Waals surface area (Å²) in [7, 11) is 0. The first-order valence-corrected chi connectivity index (χ1v) is 4.60. The minimum Gasteiger partial charge on any atom is -0.351 e. The van der Waals surface area contributed by atoms with Crippen molar-refractivity contribution in [2.45, 2.75) is 13.5 Å². The molecule has 0 saturated carbocycles. The first-order chi connectivity index (χ1) is 7.54. The highest BCUT2D eigenvalue weighted by Crippen LogP contribution is 2.14. The highest BCUT2D eigenvalue weighted by molar-refractivity contribution is 5.75. The van der Waals surface area contributed by atoms with E-state index in [4.69, 9.17) is 0 Å². The lowest BCUT2D eigenvalue weighted by Crippen LogP contribution is -2.27. The van der Waals surface area contributed by atoms with Crippen LogP contribution >= 0.6 is 0 Å². The Morgan fingerprint density at radius 3 is 3.00 bits per heavy atom. The third-order valence-corrected chi connectivity index (χ3v) is 1.87. The largest absolute Gasteiger partial charge is 0.351 e. The molecule has 1 rings (SSSR count). The molecule has 7 nitrogen and oxygen atoms in total. The molecule has 0 spiro atoms. The van der Waals surface area contributed by atoms with Crippen LogP contribution in [0.2, 0.25) is 0 Å². The van der Waals surface area contributed by atoms with E-state index >= 15 is 0 Å². The Balaban J connectivity index is 2.68. The van der Waals surface area contributed by atoms with Crippen LogP contribution in [0.15, 0.2) is 18.9 Å². The molecule has 0 saturated heterocycles. The minimum atomic E-state index is -0.527. The maximum absolute atomic E-state index is 11.3. The van der Waals surface area contributed by atoms with Gasteiger partial charge in [-0.15, -0.1) is 6.58 Å². The number of rotatable bonds is 5. The SMILES string of the molecule is C=CCNC(=O)Cn1cc([N+](=O)[O-])c(C)n1. The molecule has 1 aromatic rings. The van der Waals surface area contributed by atoms with Gasteiger partial charge < -0.3 is 5.32 Å². The zero-order chi connectivity index (χ0) is 12.1. The van der Waals surface area contributed by atoms with E-state index in [1.807, 2.05) is 0 Å². The van der Waals surface area contributed by atoms with E-state index in [0.29, 0.717) is 12.2 Å². The van der Waals surface area contributed by atoms with Crippen molar-refractivity contribution in [3.63, 3.8) is 0 Å². The molecule has 0 bridgehead atoms. The molecule has 1 amide bonds. The van der Waals surface area contributed by atoms with Gasteiger partial charge in [0.05, 0.1) is 4.92 Å². The van der Waals surface area contributed by atoms with Crippen LogP contribution in [-0.4, -0.2) is 27.2 Å². The maximum atomic E-state index is 11.3. The lowest BCUT2D eigenvalue weighted by molar-refractivity contribution is -0.385. The predicted octanol–water partition coefficient (Wildman–Crippen LogP) is 0.402. The standard InChI is InChI=1S/C9H12N4O3/c1-3-4-10-9(14)6-12-5-8(13(15)16)7(2)11-12/h3,5H,1,4,6H2,2H3,(H,10,14). The Labute approximate surface area is 91.9 Å². The van der Waals surface area contributed by atoms with E-state index in [1.165, 1.54) is 17.8 Å². The number of hydrogen-bond acceptors (Lipinski definition) is 4. The molecule has 86 valence electrons. The summed E-state index contributed by atoms with van der Waals surface area (Å²) in [5, 5.41) is 17.0. The van der Waals surface area contributed by atoms with Gasteiger partial charge in [-0.1, -0.05) is 6.08 Å². The second-order valence-corrected chi connectivity index (χ2v) is 3.15. The summed E-state index contributed by atoms with van der Waals surface area (Å²) in [6.07, 6.45) is 2.79. The van der Waals surface area contributed by atoms with Crippen molar-refractivity contribution in [2.75, 3.05) is 6.54 Å². The number of nitrogens with one attached hydrogen (secondary N) is 1. The van der Waals surface area contributed by atoms with Gasteiger partial charge in [0, 0.05) is 6.54 Å². The van der Waals surface area contributed by atoms with Crippen molar-refractivity contribution < 1.29 is 9.72 Å². The third kappa shape index (κ3) is 2.91. The van der Waals surface area contributed by atoms with Gasteiger partial charge in [-0.25, -0.2) is 0 Å². The van der Waals surface area contributed by atoms with E-state index in [1.54, 1.807) is 6.08 Å². The normalized spacial score (nSPS) is 9.81. The Kier molecular flexibility index (Phi) is 3.76. The molecule has 0 aliphatic rings. The Morgan fingerprint density at radius 1 is 1.81 bits per heavy atom. The highest BCUT2D eigenvalue weighted by atomic mass is 16.6. The summed E-state index contributed by atoms with van der Waals surface area (Å²) < 4.78 is 1.24. The molecule has 1 aromatic heterocycles. The fourth-order valence-corrected chi connectivity index (χ4v) is 1.16. The summed E-state index contributed by atoms with van der Waals surface area (Å²) in [6, 6.07) is 0. The number of amides is 1. The van der Waals surface area contributed by atoms with Gasteiger partial charge in [-0.05, 0) is 6.92 Å². The van der Waals surface area contributed by atoms with Crippen LogP contribution in [-0.2, 0) is 11.3 Å². The van der Waals surface area contributed by atoms with Crippen molar-refractivity contribution in [2.24, 2.45) is 0 Å². The second-order valence-electron chi connectivity index (χ2n) is 3.15. The van der Waals surface area contributed by atoms with Crippen LogP contribution in [0.3, 0.4) is 0 Å². The molecule has 0 aromatic carbocycles. The van der Waals surface area contributed by atoms with Crippen molar-refractivity contribution in [1.82, 2.24) is 15.1 Å². The average Bonchev–Trinajstić information content (AvgIpc) is 2.56. The molecule has 0 radical (unpaired) electrons. The van der Waals surface area contributed by atoms with Crippen LogP contribution in [0, 0.1) is 17.0 Å². The molecular weight excluding hydrogens is 212 g/mol. The van der Waals surface area contributed by atoms with Crippen molar-refractivity contribution in [3.8, 4) is 0 Å². The number of nitro groups is 1. The van der Waals surface area contributed by atoms with Gasteiger partial charge in [0.1, 0.15) is 18.4 Å². The number of aromatic nitrogens is 2. The van der Waals surface area contributed by atoms with E-state index in [9.17, 15) is 14.9 Å². The molecule has 1 heterocycles. The van der Waals surface area contributed by atoms with Crippen molar-refractivity contribution in [1.29, 1.82) is 0 Å². The van der Waals surface area contributed by atoms with Crippen LogP contribution in [0.4, 0.5) is 5.69 Å². The quantitative estimate of drug-likeness (QED) is 0.445. The molecule has 0 atom stereocenters. The molecule has 0 aliphatic carbocycles. The van der Waals surface area contributed by atoms with E-state index in [-0.39, 0.29) is 18.1 Å². The summed E-state index contributed by atoms with van der Waals surface area (Å²) >= 11 is 0. The number of hydrogen-bond donors (Lipinski definition) is 1. The number of nitrogens with zero attached hydrogens (tertiary/aromatic N) is 3. The lowest BCUT2D eigenvalue weighted by atomic mass is 10.4. The average molecular weight is 224 g/mol. The third-order valence-electron chi connectivity index (χ3n) is 1.87. The molecule has 16 heavy (non-hydrogen) atoms. The predicted molar refractivity (Wildman–Crippen MR) is 56.8 cm³/mol. The lowest BCUT2D eigenvalue weighted by Gasteiger charge is -2.01. The fourth-order valence-electron chi connectivity index (χ4n) is 1.16. The molecule has 0 unspecified atom stereocenters. The number of aryl methyl sites for hydroxylation is 1. The van der Waals surface area contributed by atoms with E-state index < -0.39 is 4.92 Å². The van der Waals surface area contributed by atoms with Crippen LogP contribution in [0.1, 0.15) is 5.69 Å². The molecule has 0 aliphatic heterocycles. The minimum absolute atomic E-state index is 0.0392. The Bertz CT molecular complexity index is 424. The molecular formula is C9H12N4O3. The molecule has 0 fully saturated rings. The van der Waals surface area contributed by atoms with Gasteiger partial charge >= 0.3 is 5.69 Å². The monoisotopic (exact) mass is 224 g/mol. The van der Waals surface area contributed by atoms with Gasteiger partial charge in [0.2, 0.25) is 5.91 Å². The summed E-state index contributed by atoms with van der Waals surface area (Å²) in [5.41, 5.74) is 0.207. The fraction of sp³-hybridized carbons (Fsp3) is 0.333. The van der Waals surface area contributed by atoms with E-state index in [2.05, 4.69) is 17.0 Å². The van der Waals surface area contributed by atoms with Gasteiger partial charge in [-0.2, -0.15) is 5.10 Å². The maximum Gasteiger partial charge on any atom is 0.309 e. The Morgan fingerprint density at radius 2 is 2.50 bits per heavy atom. The molecule has 7 heteroatoms. The second kappa shape index (κ2) is 5.06. The zero-order valence-corrected chi connectivity index (χ0v) is 8.84. The van der Waals surface area contributed by atoms with Crippen LogP contribution in [0.25, 0.3) is 0 Å².